The number of benzene rings is 2. The third-order valence-corrected chi connectivity index (χ3v) is 7.04. The highest BCUT2D eigenvalue weighted by molar-refractivity contribution is 5.72. The van der Waals surface area contributed by atoms with E-state index in [2.05, 4.69) is 4.90 Å². The van der Waals surface area contributed by atoms with Crippen molar-refractivity contribution in [2.24, 2.45) is 0 Å². The molecule has 5 rings (SSSR count). The van der Waals surface area contributed by atoms with Gasteiger partial charge in [-0.2, -0.15) is 0 Å². The van der Waals surface area contributed by atoms with Crippen molar-refractivity contribution in [3.05, 3.63) is 71.3 Å². The number of hydrogen-bond acceptors (Lipinski definition) is 4. The van der Waals surface area contributed by atoms with Gasteiger partial charge in [0.15, 0.2) is 0 Å². The molecule has 3 aliphatic heterocycles. The monoisotopic (exact) mass is 427 g/mol. The lowest BCUT2D eigenvalue weighted by Crippen LogP contribution is -2.51. The highest BCUT2D eigenvalue weighted by Gasteiger charge is 2.52. The molecule has 164 valence electrons. The van der Waals surface area contributed by atoms with E-state index < -0.39 is 6.10 Å². The lowest BCUT2D eigenvalue weighted by molar-refractivity contribution is -0.154. The van der Waals surface area contributed by atoms with Crippen molar-refractivity contribution < 1.29 is 23.0 Å². The van der Waals surface area contributed by atoms with E-state index in [4.69, 9.17) is 9.47 Å². The van der Waals surface area contributed by atoms with E-state index in [1.807, 2.05) is 0 Å². The van der Waals surface area contributed by atoms with Crippen LogP contribution in [0.1, 0.15) is 55.8 Å². The molecule has 0 aliphatic carbocycles. The van der Waals surface area contributed by atoms with Gasteiger partial charge in [0.25, 0.3) is 0 Å². The molecule has 6 heteroatoms. The third-order valence-electron chi connectivity index (χ3n) is 7.04. The maximum absolute atomic E-state index is 13.8. The maximum Gasteiger partial charge on any atom is 0.306 e. The summed E-state index contributed by atoms with van der Waals surface area (Å²) in [6, 6.07) is 13.4. The standard InChI is InChI=1S/C25H27F2NO3/c26-19-5-1-3-17(13-19)24(18-4-2-6-20(27)14-18)30-12-11-28-21-7-8-22(28)16-25(15-21)10-9-23(29)31-25/h1-6,13-14,21-22,24H,7-12,15-16H2. The van der Waals surface area contributed by atoms with Gasteiger partial charge < -0.3 is 9.47 Å². The molecule has 4 nitrogen and oxygen atoms in total. The second-order valence-corrected chi connectivity index (χ2v) is 9.05. The van der Waals surface area contributed by atoms with Gasteiger partial charge in [0.1, 0.15) is 23.3 Å². The Bertz CT molecular complexity index is 906. The highest BCUT2D eigenvalue weighted by Crippen LogP contribution is 2.47. The number of halogens is 2. The second-order valence-electron chi connectivity index (χ2n) is 9.05. The fourth-order valence-corrected chi connectivity index (χ4v) is 5.72. The zero-order valence-electron chi connectivity index (χ0n) is 17.4. The lowest BCUT2D eigenvalue weighted by Gasteiger charge is -2.43. The van der Waals surface area contributed by atoms with Gasteiger partial charge >= 0.3 is 5.97 Å². The van der Waals surface area contributed by atoms with Gasteiger partial charge in [-0.15, -0.1) is 0 Å². The summed E-state index contributed by atoms with van der Waals surface area (Å²) < 4.78 is 39.6. The average molecular weight is 427 g/mol. The number of ether oxygens (including phenoxy) is 2. The summed E-state index contributed by atoms with van der Waals surface area (Å²) in [5, 5.41) is 0. The number of esters is 1. The first kappa shape index (κ1) is 20.6. The zero-order chi connectivity index (χ0) is 21.4. The molecule has 0 amide bonds. The Morgan fingerprint density at radius 1 is 1.03 bits per heavy atom. The first-order chi connectivity index (χ1) is 15.0. The number of nitrogens with zero attached hydrogens (tertiary/aromatic N) is 1. The molecule has 2 aromatic rings. The first-order valence-electron chi connectivity index (χ1n) is 11.1. The van der Waals surface area contributed by atoms with Gasteiger partial charge in [-0.3, -0.25) is 9.69 Å². The van der Waals surface area contributed by atoms with E-state index >= 15 is 0 Å². The van der Waals surface area contributed by atoms with Crippen LogP contribution >= 0.6 is 0 Å². The molecule has 2 unspecified atom stereocenters. The summed E-state index contributed by atoms with van der Waals surface area (Å²) in [6.45, 7) is 1.21. The Labute approximate surface area is 181 Å². The summed E-state index contributed by atoms with van der Waals surface area (Å²) >= 11 is 0. The van der Waals surface area contributed by atoms with Gasteiger partial charge in [0.05, 0.1) is 6.61 Å². The molecule has 2 aromatic carbocycles. The number of carbonyl (C=O) groups is 1. The van der Waals surface area contributed by atoms with Crippen LogP contribution in [0.15, 0.2) is 48.5 Å². The number of hydrogen-bond donors (Lipinski definition) is 0. The van der Waals surface area contributed by atoms with Crippen molar-refractivity contribution in [2.75, 3.05) is 13.2 Å². The molecular weight excluding hydrogens is 400 g/mol. The van der Waals surface area contributed by atoms with Crippen LogP contribution in [-0.2, 0) is 14.3 Å². The number of piperidine rings is 1. The number of rotatable bonds is 6. The van der Waals surface area contributed by atoms with Gasteiger partial charge in [-0.1, -0.05) is 24.3 Å². The van der Waals surface area contributed by atoms with Gasteiger partial charge in [0, 0.05) is 37.9 Å². The third kappa shape index (κ3) is 4.23. The molecule has 2 atom stereocenters. The van der Waals surface area contributed by atoms with Crippen LogP contribution in [0.5, 0.6) is 0 Å². The van der Waals surface area contributed by atoms with Crippen LogP contribution in [0, 0.1) is 11.6 Å². The molecule has 0 N–H and O–H groups in total. The van der Waals surface area contributed by atoms with Crippen LogP contribution < -0.4 is 0 Å². The van der Waals surface area contributed by atoms with E-state index in [1.54, 1.807) is 24.3 Å². The molecule has 31 heavy (non-hydrogen) atoms. The van der Waals surface area contributed by atoms with Crippen molar-refractivity contribution in [1.29, 1.82) is 0 Å². The Morgan fingerprint density at radius 3 is 2.16 bits per heavy atom. The summed E-state index contributed by atoms with van der Waals surface area (Å²) in [5.41, 5.74) is 1.08. The molecule has 3 saturated heterocycles. The minimum atomic E-state index is -0.532. The van der Waals surface area contributed by atoms with E-state index in [1.165, 1.54) is 24.3 Å². The second kappa shape index (κ2) is 8.32. The minimum absolute atomic E-state index is 0.0655. The van der Waals surface area contributed by atoms with Crippen molar-refractivity contribution in [3.63, 3.8) is 0 Å². The predicted molar refractivity (Wildman–Crippen MR) is 111 cm³/mol. The lowest BCUT2D eigenvalue weighted by atomic mass is 9.84. The molecule has 2 bridgehead atoms. The van der Waals surface area contributed by atoms with Crippen molar-refractivity contribution in [2.45, 2.75) is 62.3 Å². The molecule has 0 radical (unpaired) electrons. The minimum Gasteiger partial charge on any atom is -0.459 e. The maximum atomic E-state index is 13.8. The predicted octanol–water partition coefficient (Wildman–Crippen LogP) is 4.77. The van der Waals surface area contributed by atoms with E-state index in [0.29, 0.717) is 36.2 Å². The van der Waals surface area contributed by atoms with Gasteiger partial charge in [-0.05, 0) is 54.7 Å². The largest absolute Gasteiger partial charge is 0.459 e. The van der Waals surface area contributed by atoms with Crippen LogP contribution in [0.3, 0.4) is 0 Å². The molecular formula is C25H27F2NO3. The summed E-state index contributed by atoms with van der Waals surface area (Å²) in [5.74, 6) is -0.745. The quantitative estimate of drug-likeness (QED) is 0.623. The van der Waals surface area contributed by atoms with Crippen molar-refractivity contribution >= 4 is 5.97 Å². The fraction of sp³-hybridized carbons (Fsp3) is 0.480. The summed E-state index contributed by atoms with van der Waals surface area (Å²) in [4.78, 5) is 14.2. The zero-order valence-corrected chi connectivity index (χ0v) is 17.4. The first-order valence-corrected chi connectivity index (χ1v) is 11.1. The summed E-state index contributed by atoms with van der Waals surface area (Å²) in [7, 11) is 0. The fourth-order valence-electron chi connectivity index (χ4n) is 5.72. The molecule has 1 spiro atoms. The average Bonchev–Trinajstić information content (AvgIpc) is 3.21. The Morgan fingerprint density at radius 2 is 1.65 bits per heavy atom. The van der Waals surface area contributed by atoms with E-state index in [0.717, 1.165) is 38.6 Å². The topological polar surface area (TPSA) is 38.8 Å². The van der Waals surface area contributed by atoms with Crippen LogP contribution in [0.2, 0.25) is 0 Å². The molecule has 3 heterocycles. The SMILES string of the molecule is O=C1CCC2(CC3CCC(C2)N3CCOC(c2cccc(F)c2)c2cccc(F)c2)O1. The smallest absolute Gasteiger partial charge is 0.306 e. The molecule has 3 fully saturated rings. The number of fused-ring (bicyclic) bond motifs is 2. The Kier molecular flexibility index (Phi) is 5.52. The highest BCUT2D eigenvalue weighted by atomic mass is 19.1. The van der Waals surface area contributed by atoms with Crippen molar-refractivity contribution in [1.82, 2.24) is 4.90 Å². The van der Waals surface area contributed by atoms with Crippen LogP contribution in [-0.4, -0.2) is 41.7 Å². The molecule has 0 saturated carbocycles. The van der Waals surface area contributed by atoms with Gasteiger partial charge in [0.2, 0.25) is 0 Å². The Hall–Kier alpha value is -2.31. The van der Waals surface area contributed by atoms with E-state index in [-0.39, 0.29) is 23.2 Å². The molecule has 3 aliphatic rings. The van der Waals surface area contributed by atoms with Gasteiger partial charge in [-0.25, -0.2) is 8.78 Å². The summed E-state index contributed by atoms with van der Waals surface area (Å²) in [6.07, 6.45) is 4.85. The Balaban J connectivity index is 1.27. The van der Waals surface area contributed by atoms with E-state index in [9.17, 15) is 13.6 Å². The normalized spacial score (nSPS) is 27.9. The molecule has 0 aromatic heterocycles. The van der Waals surface area contributed by atoms with Crippen LogP contribution in [0.25, 0.3) is 0 Å². The number of carbonyl (C=O) groups excluding carboxylic acids is 1. The van der Waals surface area contributed by atoms with Crippen LogP contribution in [0.4, 0.5) is 8.78 Å². The van der Waals surface area contributed by atoms with Crippen molar-refractivity contribution in [3.8, 4) is 0 Å².